The molecule has 4 heteroatoms. The predicted octanol–water partition coefficient (Wildman–Crippen LogP) is 2.20. The topological polar surface area (TPSA) is 53.7 Å². The Morgan fingerprint density at radius 1 is 1.39 bits per heavy atom. The van der Waals surface area contributed by atoms with Crippen molar-refractivity contribution in [1.82, 2.24) is 4.90 Å². The monoisotopic (exact) mass is 247 g/mol. The number of benzene rings is 1. The Morgan fingerprint density at radius 2 is 2.17 bits per heavy atom. The van der Waals surface area contributed by atoms with Crippen molar-refractivity contribution in [1.29, 1.82) is 0 Å². The highest BCUT2D eigenvalue weighted by atomic mass is 16.3. The Bertz CT molecular complexity index is 559. The first-order valence-corrected chi connectivity index (χ1v) is 6.06. The van der Waals surface area contributed by atoms with Gasteiger partial charge in [-0.15, -0.1) is 0 Å². The van der Waals surface area contributed by atoms with Crippen molar-refractivity contribution in [2.24, 2.45) is 0 Å². The SMILES string of the molecule is CCN(CCO)C(=O)c1cc2ccc(C)cc2o1. The van der Waals surface area contributed by atoms with Crippen LogP contribution in [0.25, 0.3) is 11.0 Å². The summed E-state index contributed by atoms with van der Waals surface area (Å²) in [6.45, 7) is 4.69. The van der Waals surface area contributed by atoms with E-state index in [0.717, 1.165) is 16.5 Å². The molecule has 2 rings (SSSR count). The Hall–Kier alpha value is -1.81. The number of carbonyl (C=O) groups is 1. The Balaban J connectivity index is 2.32. The van der Waals surface area contributed by atoms with E-state index in [9.17, 15) is 4.79 Å². The van der Waals surface area contributed by atoms with E-state index >= 15 is 0 Å². The average Bonchev–Trinajstić information content (AvgIpc) is 2.77. The highest BCUT2D eigenvalue weighted by molar-refractivity contribution is 5.96. The first kappa shape index (κ1) is 12.6. The number of hydrogen-bond acceptors (Lipinski definition) is 3. The number of furan rings is 1. The number of amides is 1. The van der Waals surface area contributed by atoms with Crippen molar-refractivity contribution >= 4 is 16.9 Å². The van der Waals surface area contributed by atoms with Crippen LogP contribution in [0.1, 0.15) is 23.0 Å². The summed E-state index contributed by atoms with van der Waals surface area (Å²) in [5, 5.41) is 9.84. The first-order chi connectivity index (χ1) is 8.65. The normalized spacial score (nSPS) is 10.8. The van der Waals surface area contributed by atoms with Gasteiger partial charge in [0.2, 0.25) is 0 Å². The summed E-state index contributed by atoms with van der Waals surface area (Å²) in [4.78, 5) is 13.7. The summed E-state index contributed by atoms with van der Waals surface area (Å²) < 4.78 is 5.57. The van der Waals surface area contributed by atoms with Gasteiger partial charge in [-0.2, -0.15) is 0 Å². The standard InChI is InChI=1S/C14H17NO3/c1-3-15(6-7-16)14(17)13-9-11-5-4-10(2)8-12(11)18-13/h4-5,8-9,16H,3,6-7H2,1-2H3. The van der Waals surface area contributed by atoms with Gasteiger partial charge in [-0.3, -0.25) is 4.79 Å². The van der Waals surface area contributed by atoms with E-state index in [1.807, 2.05) is 32.0 Å². The van der Waals surface area contributed by atoms with E-state index in [0.29, 0.717) is 18.8 Å². The van der Waals surface area contributed by atoms with Gasteiger partial charge in [0, 0.05) is 18.5 Å². The van der Waals surface area contributed by atoms with E-state index in [1.54, 1.807) is 11.0 Å². The second-order valence-corrected chi connectivity index (χ2v) is 4.26. The molecule has 4 nitrogen and oxygen atoms in total. The number of hydrogen-bond donors (Lipinski definition) is 1. The van der Waals surface area contributed by atoms with E-state index in [4.69, 9.17) is 9.52 Å². The zero-order valence-corrected chi connectivity index (χ0v) is 10.6. The maximum Gasteiger partial charge on any atom is 0.289 e. The molecule has 0 bridgehead atoms. The largest absolute Gasteiger partial charge is 0.451 e. The van der Waals surface area contributed by atoms with Crippen LogP contribution >= 0.6 is 0 Å². The van der Waals surface area contributed by atoms with Crippen molar-refractivity contribution < 1.29 is 14.3 Å². The lowest BCUT2D eigenvalue weighted by Crippen LogP contribution is -2.33. The van der Waals surface area contributed by atoms with Crippen LogP contribution in [0.4, 0.5) is 0 Å². The lowest BCUT2D eigenvalue weighted by molar-refractivity contribution is 0.0702. The van der Waals surface area contributed by atoms with Gasteiger partial charge < -0.3 is 14.4 Å². The fourth-order valence-electron chi connectivity index (χ4n) is 1.92. The molecule has 1 amide bonds. The van der Waals surface area contributed by atoms with Crippen LogP contribution in [-0.2, 0) is 0 Å². The van der Waals surface area contributed by atoms with Crippen LogP contribution in [0, 0.1) is 6.92 Å². The molecule has 2 aromatic rings. The molecule has 1 heterocycles. The van der Waals surface area contributed by atoms with Gasteiger partial charge in [0.25, 0.3) is 5.91 Å². The molecule has 0 saturated carbocycles. The zero-order chi connectivity index (χ0) is 13.1. The minimum absolute atomic E-state index is 0.0427. The molecule has 1 aromatic carbocycles. The van der Waals surface area contributed by atoms with Crippen LogP contribution in [-0.4, -0.2) is 35.6 Å². The Labute approximate surface area is 106 Å². The molecule has 0 aliphatic carbocycles. The van der Waals surface area contributed by atoms with Gasteiger partial charge in [-0.25, -0.2) is 0 Å². The summed E-state index contributed by atoms with van der Waals surface area (Å²) in [5.41, 5.74) is 1.82. The molecule has 0 unspecified atom stereocenters. The second-order valence-electron chi connectivity index (χ2n) is 4.26. The van der Waals surface area contributed by atoms with Crippen LogP contribution in [0.2, 0.25) is 0 Å². The van der Waals surface area contributed by atoms with E-state index in [2.05, 4.69) is 0 Å². The van der Waals surface area contributed by atoms with Crippen molar-refractivity contribution in [3.05, 3.63) is 35.6 Å². The van der Waals surface area contributed by atoms with Crippen LogP contribution in [0.15, 0.2) is 28.7 Å². The summed E-state index contributed by atoms with van der Waals surface area (Å²) in [5.74, 6) is 0.145. The number of nitrogens with zero attached hydrogens (tertiary/aromatic N) is 1. The second kappa shape index (κ2) is 5.23. The molecule has 0 radical (unpaired) electrons. The number of aliphatic hydroxyl groups is 1. The number of rotatable bonds is 4. The van der Waals surface area contributed by atoms with Gasteiger partial charge in [0.1, 0.15) is 5.58 Å². The molecule has 18 heavy (non-hydrogen) atoms. The first-order valence-electron chi connectivity index (χ1n) is 6.06. The van der Waals surface area contributed by atoms with Gasteiger partial charge in [0.15, 0.2) is 5.76 Å². The lowest BCUT2D eigenvalue weighted by atomic mass is 10.2. The molecule has 1 aromatic heterocycles. The van der Waals surface area contributed by atoms with Crippen LogP contribution in [0.5, 0.6) is 0 Å². The number of aliphatic hydroxyl groups excluding tert-OH is 1. The van der Waals surface area contributed by atoms with Crippen LogP contribution < -0.4 is 0 Å². The number of carbonyl (C=O) groups excluding carboxylic acids is 1. The van der Waals surface area contributed by atoms with Gasteiger partial charge in [0.05, 0.1) is 6.61 Å². The third kappa shape index (κ3) is 2.38. The molecule has 0 saturated heterocycles. The van der Waals surface area contributed by atoms with Gasteiger partial charge in [-0.05, 0) is 31.5 Å². The van der Waals surface area contributed by atoms with Crippen molar-refractivity contribution in [2.75, 3.05) is 19.7 Å². The minimum Gasteiger partial charge on any atom is -0.451 e. The molecule has 0 spiro atoms. The molecular formula is C14H17NO3. The van der Waals surface area contributed by atoms with Crippen LogP contribution in [0.3, 0.4) is 0 Å². The number of fused-ring (bicyclic) bond motifs is 1. The number of likely N-dealkylation sites (N-methyl/N-ethyl adjacent to an activating group) is 1. The Kier molecular flexibility index (Phi) is 3.67. The quantitative estimate of drug-likeness (QED) is 0.901. The average molecular weight is 247 g/mol. The van der Waals surface area contributed by atoms with Crippen molar-refractivity contribution in [3.8, 4) is 0 Å². The van der Waals surface area contributed by atoms with Gasteiger partial charge >= 0.3 is 0 Å². The van der Waals surface area contributed by atoms with Gasteiger partial charge in [-0.1, -0.05) is 12.1 Å². The summed E-state index contributed by atoms with van der Waals surface area (Å²) in [7, 11) is 0. The minimum atomic E-state index is -0.180. The third-order valence-corrected chi connectivity index (χ3v) is 2.93. The fourth-order valence-corrected chi connectivity index (χ4v) is 1.92. The molecule has 1 N–H and O–H groups in total. The van der Waals surface area contributed by atoms with E-state index in [-0.39, 0.29) is 12.5 Å². The highest BCUT2D eigenvalue weighted by Gasteiger charge is 2.18. The Morgan fingerprint density at radius 3 is 2.83 bits per heavy atom. The summed E-state index contributed by atoms with van der Waals surface area (Å²) in [6.07, 6.45) is 0. The maximum atomic E-state index is 12.1. The van der Waals surface area contributed by atoms with Crippen molar-refractivity contribution in [2.45, 2.75) is 13.8 Å². The van der Waals surface area contributed by atoms with Crippen molar-refractivity contribution in [3.63, 3.8) is 0 Å². The van der Waals surface area contributed by atoms with E-state index in [1.165, 1.54) is 0 Å². The molecular weight excluding hydrogens is 230 g/mol. The zero-order valence-electron chi connectivity index (χ0n) is 10.6. The lowest BCUT2D eigenvalue weighted by Gasteiger charge is -2.17. The predicted molar refractivity (Wildman–Crippen MR) is 69.6 cm³/mol. The fraction of sp³-hybridized carbons (Fsp3) is 0.357. The molecule has 0 aliphatic heterocycles. The highest BCUT2D eigenvalue weighted by Crippen LogP contribution is 2.21. The summed E-state index contributed by atoms with van der Waals surface area (Å²) >= 11 is 0. The maximum absolute atomic E-state index is 12.1. The third-order valence-electron chi connectivity index (χ3n) is 2.93. The molecule has 0 atom stereocenters. The smallest absolute Gasteiger partial charge is 0.289 e. The summed E-state index contributed by atoms with van der Waals surface area (Å²) in [6, 6.07) is 7.58. The molecule has 96 valence electrons. The number of aryl methyl sites for hydroxylation is 1. The van der Waals surface area contributed by atoms with E-state index < -0.39 is 0 Å². The molecule has 0 aliphatic rings. The molecule has 0 fully saturated rings.